The van der Waals surface area contributed by atoms with Crippen LogP contribution in [0.25, 0.3) is 0 Å². The number of aliphatic imine (C=N–C) groups is 1. The summed E-state index contributed by atoms with van der Waals surface area (Å²) in [7, 11) is 0. The molecule has 3 N–H and O–H groups in total. The Morgan fingerprint density at radius 1 is 1.30 bits per heavy atom. The maximum absolute atomic E-state index is 4.76. The second-order valence-corrected chi connectivity index (χ2v) is 7.30. The molecule has 0 spiro atoms. The molecule has 1 saturated heterocycles. The van der Waals surface area contributed by atoms with Gasteiger partial charge in [0.15, 0.2) is 5.96 Å². The van der Waals surface area contributed by atoms with Gasteiger partial charge in [0.05, 0.1) is 6.20 Å². The Balaban J connectivity index is 1.48. The number of benzene rings is 1. The van der Waals surface area contributed by atoms with Gasteiger partial charge < -0.3 is 15.5 Å². The minimum absolute atomic E-state index is 0.431. The molecule has 2 aromatic rings. The first kappa shape index (κ1) is 19.3. The summed E-state index contributed by atoms with van der Waals surface area (Å²) in [6.45, 7) is 10.1. The molecule has 6 heteroatoms. The fraction of sp³-hybridized carbons (Fsp3) is 0.524. The van der Waals surface area contributed by atoms with E-state index in [1.807, 2.05) is 6.20 Å². The van der Waals surface area contributed by atoms with Crippen molar-refractivity contribution in [3.63, 3.8) is 0 Å². The van der Waals surface area contributed by atoms with Crippen molar-refractivity contribution >= 4 is 11.6 Å². The molecule has 6 nitrogen and oxygen atoms in total. The van der Waals surface area contributed by atoms with E-state index in [4.69, 9.17) is 4.99 Å². The number of rotatable bonds is 7. The van der Waals surface area contributed by atoms with Gasteiger partial charge in [0, 0.05) is 43.6 Å². The average Bonchev–Trinajstić information content (AvgIpc) is 3.29. The maximum Gasteiger partial charge on any atom is 0.191 e. The quantitative estimate of drug-likeness (QED) is 0.399. The number of hydrogen-bond acceptors (Lipinski definition) is 3. The molecule has 1 aromatic heterocycles. The van der Waals surface area contributed by atoms with E-state index in [0.717, 1.165) is 57.1 Å². The molecule has 1 fully saturated rings. The Morgan fingerprint density at radius 3 is 2.81 bits per heavy atom. The van der Waals surface area contributed by atoms with Crippen LogP contribution in [0.5, 0.6) is 0 Å². The van der Waals surface area contributed by atoms with Crippen LogP contribution >= 0.6 is 0 Å². The number of aryl methyl sites for hydroxylation is 3. The molecule has 0 aliphatic carbocycles. The Bertz CT molecular complexity index is 733. The summed E-state index contributed by atoms with van der Waals surface area (Å²) in [4.78, 5) is 7.21. The van der Waals surface area contributed by atoms with Crippen LogP contribution < -0.4 is 15.5 Å². The fourth-order valence-corrected chi connectivity index (χ4v) is 3.47. The minimum atomic E-state index is 0.431. The van der Waals surface area contributed by atoms with Gasteiger partial charge in [0.1, 0.15) is 0 Å². The van der Waals surface area contributed by atoms with E-state index in [9.17, 15) is 0 Å². The van der Waals surface area contributed by atoms with Crippen molar-refractivity contribution in [1.82, 2.24) is 20.8 Å². The zero-order valence-electron chi connectivity index (χ0n) is 16.8. The van der Waals surface area contributed by atoms with Crippen molar-refractivity contribution in [2.75, 3.05) is 31.1 Å². The molecule has 0 saturated carbocycles. The standard InChI is InChI=1S/C21H32N6/c1-4-22-21(23-12-5-6-18-14-24-26-17(18)3)25-19-11-13-27(15-19)20-9-7-16(2)8-10-20/h7-10,14,19H,4-6,11-13,15H2,1-3H3,(H,24,26)(H2,22,23,25). The monoisotopic (exact) mass is 368 g/mol. The van der Waals surface area contributed by atoms with Gasteiger partial charge in [0.2, 0.25) is 0 Å². The van der Waals surface area contributed by atoms with Crippen molar-refractivity contribution in [3.8, 4) is 0 Å². The SMILES string of the molecule is CCNC(=NCCCc1cn[nH]c1C)NC1CCN(c2ccc(C)cc2)C1. The summed E-state index contributed by atoms with van der Waals surface area (Å²) < 4.78 is 0. The van der Waals surface area contributed by atoms with Gasteiger partial charge in [-0.25, -0.2) is 0 Å². The lowest BCUT2D eigenvalue weighted by atomic mass is 10.1. The first-order valence-corrected chi connectivity index (χ1v) is 10.0. The zero-order chi connectivity index (χ0) is 19.1. The third-order valence-electron chi connectivity index (χ3n) is 5.08. The van der Waals surface area contributed by atoms with Crippen molar-refractivity contribution in [2.45, 2.75) is 46.1 Å². The molecule has 27 heavy (non-hydrogen) atoms. The van der Waals surface area contributed by atoms with Crippen LogP contribution in [0, 0.1) is 13.8 Å². The molecule has 1 aromatic carbocycles. The Kier molecular flexibility index (Phi) is 6.74. The number of hydrogen-bond donors (Lipinski definition) is 3. The Hall–Kier alpha value is -2.50. The van der Waals surface area contributed by atoms with Gasteiger partial charge in [-0.3, -0.25) is 10.1 Å². The summed E-state index contributed by atoms with van der Waals surface area (Å²) in [5.41, 5.74) is 5.06. The predicted molar refractivity (Wildman–Crippen MR) is 113 cm³/mol. The summed E-state index contributed by atoms with van der Waals surface area (Å²) in [5.74, 6) is 0.928. The van der Waals surface area contributed by atoms with E-state index in [2.05, 4.69) is 70.8 Å². The van der Waals surface area contributed by atoms with Crippen molar-refractivity contribution in [3.05, 3.63) is 47.3 Å². The molecule has 146 valence electrons. The van der Waals surface area contributed by atoms with Crippen LogP contribution in [0.2, 0.25) is 0 Å². The van der Waals surface area contributed by atoms with E-state index in [-0.39, 0.29) is 0 Å². The summed E-state index contributed by atoms with van der Waals surface area (Å²) in [6.07, 6.45) is 5.08. The van der Waals surface area contributed by atoms with E-state index in [0.29, 0.717) is 6.04 Å². The lowest BCUT2D eigenvalue weighted by Gasteiger charge is -2.20. The highest BCUT2D eigenvalue weighted by Gasteiger charge is 2.23. The van der Waals surface area contributed by atoms with Crippen molar-refractivity contribution in [1.29, 1.82) is 0 Å². The number of aromatic nitrogens is 2. The molecule has 1 atom stereocenters. The molecule has 2 heterocycles. The Labute approximate surface area is 162 Å². The molecule has 0 radical (unpaired) electrons. The molecule has 0 amide bonds. The number of guanidine groups is 1. The molecular weight excluding hydrogens is 336 g/mol. The van der Waals surface area contributed by atoms with Gasteiger partial charge in [0.25, 0.3) is 0 Å². The molecule has 1 unspecified atom stereocenters. The van der Waals surface area contributed by atoms with Crippen LogP contribution in [0.15, 0.2) is 35.5 Å². The second-order valence-electron chi connectivity index (χ2n) is 7.30. The minimum Gasteiger partial charge on any atom is -0.369 e. The third-order valence-corrected chi connectivity index (χ3v) is 5.08. The maximum atomic E-state index is 4.76. The topological polar surface area (TPSA) is 68.3 Å². The van der Waals surface area contributed by atoms with E-state index >= 15 is 0 Å². The van der Waals surface area contributed by atoms with Gasteiger partial charge in [-0.1, -0.05) is 17.7 Å². The summed E-state index contributed by atoms with van der Waals surface area (Å²) in [5, 5.41) is 14.1. The molecule has 0 bridgehead atoms. The van der Waals surface area contributed by atoms with Gasteiger partial charge in [-0.15, -0.1) is 0 Å². The first-order chi connectivity index (χ1) is 13.2. The fourth-order valence-electron chi connectivity index (χ4n) is 3.47. The Morgan fingerprint density at radius 2 is 2.11 bits per heavy atom. The normalized spacial score (nSPS) is 17.4. The smallest absolute Gasteiger partial charge is 0.191 e. The summed E-state index contributed by atoms with van der Waals surface area (Å²) >= 11 is 0. The van der Waals surface area contributed by atoms with Crippen molar-refractivity contribution in [2.24, 2.45) is 4.99 Å². The van der Waals surface area contributed by atoms with Crippen LogP contribution in [-0.2, 0) is 6.42 Å². The number of anilines is 1. The molecule has 1 aliphatic heterocycles. The highest BCUT2D eigenvalue weighted by Crippen LogP contribution is 2.20. The highest BCUT2D eigenvalue weighted by atomic mass is 15.2. The third kappa shape index (κ3) is 5.49. The van der Waals surface area contributed by atoms with Gasteiger partial charge in [-0.2, -0.15) is 5.10 Å². The number of nitrogens with zero attached hydrogens (tertiary/aromatic N) is 3. The number of aromatic amines is 1. The van der Waals surface area contributed by atoms with E-state index in [1.54, 1.807) is 0 Å². The molecular formula is C21H32N6. The average molecular weight is 369 g/mol. The lowest BCUT2D eigenvalue weighted by molar-refractivity contribution is 0.647. The van der Waals surface area contributed by atoms with Gasteiger partial charge in [-0.05, 0) is 57.7 Å². The van der Waals surface area contributed by atoms with Crippen LogP contribution in [0.3, 0.4) is 0 Å². The number of nitrogens with one attached hydrogen (secondary N) is 3. The first-order valence-electron chi connectivity index (χ1n) is 10.0. The second kappa shape index (κ2) is 9.44. The zero-order valence-corrected chi connectivity index (χ0v) is 16.8. The van der Waals surface area contributed by atoms with Gasteiger partial charge >= 0.3 is 0 Å². The molecule has 1 aliphatic rings. The highest BCUT2D eigenvalue weighted by molar-refractivity contribution is 5.80. The summed E-state index contributed by atoms with van der Waals surface area (Å²) in [6, 6.07) is 9.23. The van der Waals surface area contributed by atoms with E-state index in [1.165, 1.54) is 16.8 Å². The van der Waals surface area contributed by atoms with E-state index < -0.39 is 0 Å². The predicted octanol–water partition coefficient (Wildman–Crippen LogP) is 2.79. The largest absolute Gasteiger partial charge is 0.369 e. The van der Waals surface area contributed by atoms with Crippen LogP contribution in [-0.4, -0.2) is 48.4 Å². The van der Waals surface area contributed by atoms with Crippen LogP contribution in [0.1, 0.15) is 36.6 Å². The van der Waals surface area contributed by atoms with Crippen molar-refractivity contribution < 1.29 is 0 Å². The lowest BCUT2D eigenvalue weighted by Crippen LogP contribution is -2.44. The van der Waals surface area contributed by atoms with Crippen LogP contribution in [0.4, 0.5) is 5.69 Å². The number of H-pyrrole nitrogens is 1. The molecule has 3 rings (SSSR count).